The molecule has 0 saturated carbocycles. The van der Waals surface area contributed by atoms with Crippen LogP contribution in [0.2, 0.25) is 0 Å². The van der Waals surface area contributed by atoms with Crippen LogP contribution in [-0.2, 0) is 6.42 Å². The lowest BCUT2D eigenvalue weighted by Gasteiger charge is -2.16. The molecule has 7 heteroatoms. The Morgan fingerprint density at radius 1 is 1.25 bits per heavy atom. The number of halogens is 5. The van der Waals surface area contributed by atoms with Crippen LogP contribution in [0.3, 0.4) is 0 Å². The van der Waals surface area contributed by atoms with Gasteiger partial charge in [-0.3, -0.25) is 4.79 Å². The molecule has 0 unspecified atom stereocenters. The number of Topliss-reactive ketones (excluding diaryl/α,β-unsaturated/α-hetero) is 1. The number of hydrogen-bond donors (Lipinski definition) is 0. The third kappa shape index (κ3) is 2.07. The summed E-state index contributed by atoms with van der Waals surface area (Å²) >= 11 is 0. The molecule has 0 fully saturated rings. The standard InChI is InChI=1S/C9H7F5O2/c1-2-5-3-4-6(16-5)7(15)8(10,11)9(12,13)14/h3-4H,2H2,1H3. The molecule has 0 bridgehead atoms. The molecule has 0 atom stereocenters. The van der Waals surface area contributed by atoms with Crippen LogP contribution >= 0.6 is 0 Å². The molecule has 1 rings (SSSR count). The van der Waals surface area contributed by atoms with Crippen LogP contribution in [0.4, 0.5) is 22.0 Å². The number of furan rings is 1. The predicted molar refractivity (Wildman–Crippen MR) is 43.4 cm³/mol. The Balaban J connectivity index is 3.02. The molecule has 1 heterocycles. The summed E-state index contributed by atoms with van der Waals surface area (Å²) in [5.41, 5.74) is 0. The third-order valence-corrected chi connectivity index (χ3v) is 1.88. The summed E-state index contributed by atoms with van der Waals surface area (Å²) in [5, 5.41) is 0. The molecule has 16 heavy (non-hydrogen) atoms. The van der Waals surface area contributed by atoms with Crippen LogP contribution in [0.25, 0.3) is 0 Å². The van der Waals surface area contributed by atoms with Crippen molar-refractivity contribution < 1.29 is 31.2 Å². The molecular formula is C9H7F5O2. The van der Waals surface area contributed by atoms with Gasteiger partial charge in [0.2, 0.25) is 0 Å². The van der Waals surface area contributed by atoms with E-state index in [2.05, 4.69) is 4.42 Å². The van der Waals surface area contributed by atoms with E-state index in [9.17, 15) is 26.7 Å². The zero-order chi connectivity index (χ0) is 12.6. The average molecular weight is 242 g/mol. The van der Waals surface area contributed by atoms with E-state index in [1.54, 1.807) is 6.92 Å². The molecule has 0 spiro atoms. The van der Waals surface area contributed by atoms with Crippen LogP contribution in [0.5, 0.6) is 0 Å². The van der Waals surface area contributed by atoms with Crippen LogP contribution < -0.4 is 0 Å². The molecule has 0 aliphatic heterocycles. The molecule has 90 valence electrons. The van der Waals surface area contributed by atoms with E-state index < -0.39 is 23.6 Å². The van der Waals surface area contributed by atoms with Gasteiger partial charge in [0, 0.05) is 6.42 Å². The fourth-order valence-electron chi connectivity index (χ4n) is 0.973. The van der Waals surface area contributed by atoms with Gasteiger partial charge in [-0.15, -0.1) is 0 Å². The van der Waals surface area contributed by atoms with Gasteiger partial charge >= 0.3 is 12.1 Å². The van der Waals surface area contributed by atoms with Crippen LogP contribution in [0, 0.1) is 0 Å². The smallest absolute Gasteiger partial charge is 0.458 e. The van der Waals surface area contributed by atoms with Crippen molar-refractivity contribution in [3.05, 3.63) is 23.7 Å². The molecule has 0 radical (unpaired) electrons. The van der Waals surface area contributed by atoms with Crippen molar-refractivity contribution >= 4 is 5.78 Å². The van der Waals surface area contributed by atoms with E-state index in [4.69, 9.17) is 0 Å². The third-order valence-electron chi connectivity index (χ3n) is 1.88. The quantitative estimate of drug-likeness (QED) is 0.601. The second-order valence-corrected chi connectivity index (χ2v) is 3.02. The van der Waals surface area contributed by atoms with Crippen LogP contribution in [-0.4, -0.2) is 17.9 Å². The Kier molecular flexibility index (Phi) is 3.07. The Morgan fingerprint density at radius 2 is 1.81 bits per heavy atom. The van der Waals surface area contributed by atoms with E-state index >= 15 is 0 Å². The predicted octanol–water partition coefficient (Wildman–Crippen LogP) is 3.22. The highest BCUT2D eigenvalue weighted by molar-refractivity contribution is 5.99. The minimum atomic E-state index is -5.91. The summed E-state index contributed by atoms with van der Waals surface area (Å²) in [4.78, 5) is 10.9. The topological polar surface area (TPSA) is 30.2 Å². The SMILES string of the molecule is CCc1ccc(C(=O)C(F)(F)C(F)(F)F)o1. The van der Waals surface area contributed by atoms with Gasteiger partial charge in [-0.25, -0.2) is 0 Å². The first kappa shape index (κ1) is 12.7. The number of aryl methyl sites for hydroxylation is 1. The molecule has 0 saturated heterocycles. The van der Waals surface area contributed by atoms with Gasteiger partial charge < -0.3 is 4.42 Å². The maximum atomic E-state index is 12.6. The van der Waals surface area contributed by atoms with E-state index in [0.29, 0.717) is 6.42 Å². The van der Waals surface area contributed by atoms with Crippen LogP contribution in [0.1, 0.15) is 23.2 Å². The van der Waals surface area contributed by atoms with Crippen molar-refractivity contribution in [2.24, 2.45) is 0 Å². The van der Waals surface area contributed by atoms with Gasteiger partial charge in [-0.1, -0.05) is 6.92 Å². The van der Waals surface area contributed by atoms with E-state index in [0.717, 1.165) is 6.07 Å². The number of alkyl halides is 5. The summed E-state index contributed by atoms with van der Waals surface area (Å²) in [6, 6.07) is 1.99. The Bertz CT molecular complexity index is 391. The van der Waals surface area contributed by atoms with Crippen molar-refractivity contribution in [3.8, 4) is 0 Å². The summed E-state index contributed by atoms with van der Waals surface area (Å²) in [6.07, 6.45) is -5.62. The minimum Gasteiger partial charge on any atom is -0.458 e. The molecule has 2 nitrogen and oxygen atoms in total. The molecule has 1 aromatic rings. The maximum absolute atomic E-state index is 12.6. The number of carbonyl (C=O) groups is 1. The highest BCUT2D eigenvalue weighted by Crippen LogP contribution is 2.38. The first-order valence-electron chi connectivity index (χ1n) is 4.28. The fraction of sp³-hybridized carbons (Fsp3) is 0.444. The average Bonchev–Trinajstić information content (AvgIpc) is 2.62. The highest BCUT2D eigenvalue weighted by Gasteiger charge is 2.64. The van der Waals surface area contributed by atoms with E-state index in [1.807, 2.05) is 0 Å². The second kappa shape index (κ2) is 3.88. The van der Waals surface area contributed by atoms with Gasteiger partial charge in [-0.05, 0) is 12.1 Å². The van der Waals surface area contributed by atoms with Gasteiger partial charge in [0.25, 0.3) is 5.78 Å². The molecule has 0 aromatic carbocycles. The van der Waals surface area contributed by atoms with Crippen molar-refractivity contribution in [2.45, 2.75) is 25.4 Å². The zero-order valence-electron chi connectivity index (χ0n) is 8.07. The van der Waals surface area contributed by atoms with Gasteiger partial charge in [0.05, 0.1) is 0 Å². The lowest BCUT2D eigenvalue weighted by atomic mass is 10.1. The Morgan fingerprint density at radius 3 is 2.19 bits per heavy atom. The molecule has 0 aliphatic carbocycles. The van der Waals surface area contributed by atoms with E-state index in [1.165, 1.54) is 6.07 Å². The number of carbonyl (C=O) groups excluding carboxylic acids is 1. The Labute approximate surface area is 87.0 Å². The zero-order valence-corrected chi connectivity index (χ0v) is 8.07. The van der Waals surface area contributed by atoms with Gasteiger partial charge in [-0.2, -0.15) is 22.0 Å². The maximum Gasteiger partial charge on any atom is 0.461 e. The summed E-state index contributed by atoms with van der Waals surface area (Å²) < 4.78 is 65.3. The van der Waals surface area contributed by atoms with Crippen molar-refractivity contribution in [2.75, 3.05) is 0 Å². The highest BCUT2D eigenvalue weighted by atomic mass is 19.4. The second-order valence-electron chi connectivity index (χ2n) is 3.02. The number of rotatable bonds is 3. The molecular weight excluding hydrogens is 235 g/mol. The molecule has 0 N–H and O–H groups in total. The largest absolute Gasteiger partial charge is 0.461 e. The van der Waals surface area contributed by atoms with E-state index in [-0.39, 0.29) is 5.76 Å². The lowest BCUT2D eigenvalue weighted by Crippen LogP contribution is -2.43. The normalized spacial score (nSPS) is 12.9. The van der Waals surface area contributed by atoms with Crippen LogP contribution in [0.15, 0.2) is 16.5 Å². The molecule has 0 aliphatic rings. The van der Waals surface area contributed by atoms with Crippen molar-refractivity contribution in [1.29, 1.82) is 0 Å². The van der Waals surface area contributed by atoms with Crippen molar-refractivity contribution in [3.63, 3.8) is 0 Å². The van der Waals surface area contributed by atoms with Gasteiger partial charge in [0.15, 0.2) is 5.76 Å². The number of ketones is 1. The summed E-state index contributed by atoms with van der Waals surface area (Å²) in [7, 11) is 0. The van der Waals surface area contributed by atoms with Gasteiger partial charge in [0.1, 0.15) is 5.76 Å². The summed E-state index contributed by atoms with van der Waals surface area (Å²) in [6.45, 7) is 1.61. The fourth-order valence-corrected chi connectivity index (χ4v) is 0.973. The minimum absolute atomic E-state index is 0.168. The summed E-state index contributed by atoms with van der Waals surface area (Å²) in [5.74, 6) is -8.62. The lowest BCUT2D eigenvalue weighted by molar-refractivity contribution is -0.256. The monoisotopic (exact) mass is 242 g/mol. The Hall–Kier alpha value is -1.40. The first-order chi connectivity index (χ1) is 7.20. The number of hydrogen-bond acceptors (Lipinski definition) is 2. The first-order valence-corrected chi connectivity index (χ1v) is 4.28. The van der Waals surface area contributed by atoms with Crippen molar-refractivity contribution in [1.82, 2.24) is 0 Å². The molecule has 1 aromatic heterocycles. The molecule has 0 amide bonds.